The van der Waals surface area contributed by atoms with Gasteiger partial charge in [-0.15, -0.1) is 0 Å². The molecular weight excluding hydrogens is 120 g/mol. The second kappa shape index (κ2) is 1.24. The van der Waals surface area contributed by atoms with Gasteiger partial charge in [-0.05, 0) is 28.3 Å². The Labute approximate surface area is 59.5 Å². The van der Waals surface area contributed by atoms with E-state index in [1.54, 1.807) is 0 Å². The summed E-state index contributed by atoms with van der Waals surface area (Å²) in [7, 11) is 0. The Balaban J connectivity index is 2.59. The lowest BCUT2D eigenvalue weighted by Crippen LogP contribution is -1.75. The fourth-order valence-electron chi connectivity index (χ4n) is 1.70. The van der Waals surface area contributed by atoms with Gasteiger partial charge >= 0.3 is 0 Å². The van der Waals surface area contributed by atoms with E-state index in [0.717, 1.165) is 0 Å². The molecule has 0 saturated heterocycles. The van der Waals surface area contributed by atoms with E-state index in [0.29, 0.717) is 0 Å². The molecule has 0 heteroatoms. The number of rotatable bonds is 0. The average molecular weight is 126 g/mol. The van der Waals surface area contributed by atoms with Crippen LogP contribution in [0.15, 0.2) is 24.3 Å². The lowest BCUT2D eigenvalue weighted by molar-refractivity contribution is 1.63. The maximum Gasteiger partial charge on any atom is -0.0105 e. The van der Waals surface area contributed by atoms with Crippen molar-refractivity contribution in [3.05, 3.63) is 41.0 Å². The van der Waals surface area contributed by atoms with Gasteiger partial charge in [0.2, 0.25) is 0 Å². The third kappa shape index (κ3) is 0.330. The molecule has 0 radical (unpaired) electrons. The Kier molecular flexibility index (Phi) is 0.558. The lowest BCUT2D eigenvalue weighted by atomic mass is 10.1. The van der Waals surface area contributed by atoms with Crippen LogP contribution >= 0.6 is 0 Å². The molecule has 0 nitrogen and oxygen atoms in total. The summed E-state index contributed by atoms with van der Waals surface area (Å²) < 4.78 is 0. The molecule has 0 atom stereocenters. The summed E-state index contributed by atoms with van der Waals surface area (Å²) in [5.74, 6) is 0. The van der Waals surface area contributed by atoms with Crippen molar-refractivity contribution in [1.82, 2.24) is 0 Å². The highest BCUT2D eigenvalue weighted by Gasteiger charge is 2.18. The van der Waals surface area contributed by atoms with E-state index in [1.807, 2.05) is 0 Å². The molecule has 0 saturated carbocycles. The van der Waals surface area contributed by atoms with Gasteiger partial charge in [-0.1, -0.05) is 30.4 Å². The molecule has 1 aromatic rings. The van der Waals surface area contributed by atoms with Gasteiger partial charge in [0.25, 0.3) is 0 Å². The van der Waals surface area contributed by atoms with Gasteiger partial charge in [0.15, 0.2) is 0 Å². The molecule has 0 aliphatic heterocycles. The Hall–Kier alpha value is -1.30. The van der Waals surface area contributed by atoms with Crippen LogP contribution in [-0.2, 0) is 0 Å². The maximum atomic E-state index is 2.24. The zero-order chi connectivity index (χ0) is 6.55. The summed E-state index contributed by atoms with van der Waals surface area (Å²) in [6.07, 6.45) is 6.61. The zero-order valence-electron chi connectivity index (χ0n) is 5.46. The van der Waals surface area contributed by atoms with Crippen molar-refractivity contribution < 1.29 is 0 Å². The molecular formula is C10H6. The molecule has 0 N–H and O–H groups in total. The Morgan fingerprint density at radius 2 is 2.00 bits per heavy atom. The van der Waals surface area contributed by atoms with Crippen LogP contribution < -0.4 is 0 Å². The number of hydrogen-bond donors (Lipinski definition) is 0. The Bertz CT molecular complexity index is 368. The smallest absolute Gasteiger partial charge is 0.0105 e. The number of hydrogen-bond acceptors (Lipinski definition) is 0. The molecule has 0 aromatic heterocycles. The largest absolute Gasteiger partial charge is 0.0610 e. The monoisotopic (exact) mass is 126 g/mol. The minimum Gasteiger partial charge on any atom is -0.0610 e. The average Bonchev–Trinajstić information content (AvgIpc) is 2.44. The molecule has 0 spiro atoms. The predicted octanol–water partition coefficient (Wildman–Crippen LogP) is 2.57. The minimum atomic E-state index is 1.38. The molecule has 0 amide bonds. The first-order valence-corrected chi connectivity index (χ1v) is 3.48. The Morgan fingerprint density at radius 3 is 2.80 bits per heavy atom. The second-order valence-corrected chi connectivity index (χ2v) is 2.74. The van der Waals surface area contributed by atoms with Crippen LogP contribution in [-0.4, -0.2) is 0 Å². The summed E-state index contributed by atoms with van der Waals surface area (Å²) in [6.45, 7) is 0. The van der Waals surface area contributed by atoms with Gasteiger partial charge in [-0.25, -0.2) is 0 Å². The van der Waals surface area contributed by atoms with Crippen molar-refractivity contribution in [1.29, 1.82) is 0 Å². The van der Waals surface area contributed by atoms with Crippen molar-refractivity contribution >= 4 is 17.7 Å². The van der Waals surface area contributed by atoms with Crippen molar-refractivity contribution in [2.45, 2.75) is 0 Å². The highest BCUT2D eigenvalue weighted by atomic mass is 14.2. The van der Waals surface area contributed by atoms with Crippen LogP contribution in [0.4, 0.5) is 0 Å². The summed E-state index contributed by atoms with van der Waals surface area (Å²) in [5.41, 5.74) is 5.60. The van der Waals surface area contributed by atoms with Gasteiger partial charge in [0, 0.05) is 0 Å². The van der Waals surface area contributed by atoms with Crippen LogP contribution in [0.3, 0.4) is 0 Å². The molecule has 0 unspecified atom stereocenters. The zero-order valence-corrected chi connectivity index (χ0v) is 5.46. The van der Waals surface area contributed by atoms with Crippen LogP contribution in [0.5, 0.6) is 0 Å². The molecule has 3 rings (SSSR count). The van der Waals surface area contributed by atoms with Gasteiger partial charge in [0.1, 0.15) is 0 Å². The van der Waals surface area contributed by atoms with Crippen molar-refractivity contribution in [2.24, 2.45) is 0 Å². The molecule has 1 aromatic carbocycles. The number of benzene rings is 1. The van der Waals surface area contributed by atoms with Crippen LogP contribution in [0, 0.1) is 0 Å². The quantitative estimate of drug-likeness (QED) is 0.501. The van der Waals surface area contributed by atoms with Crippen molar-refractivity contribution in [3.8, 4) is 0 Å². The molecule has 46 valence electrons. The third-order valence-electron chi connectivity index (χ3n) is 2.19. The first kappa shape index (κ1) is 4.51. The first-order chi connectivity index (χ1) is 4.95. The fraction of sp³-hybridized carbons (Fsp3) is 0. The molecule has 0 heterocycles. The topological polar surface area (TPSA) is 0 Å². The van der Waals surface area contributed by atoms with E-state index in [1.165, 1.54) is 22.3 Å². The van der Waals surface area contributed by atoms with Gasteiger partial charge < -0.3 is 0 Å². The van der Waals surface area contributed by atoms with Crippen molar-refractivity contribution in [2.75, 3.05) is 0 Å². The normalized spacial score (nSPS) is 16.2. The molecule has 4 bridgehead atoms. The van der Waals surface area contributed by atoms with E-state index in [4.69, 9.17) is 0 Å². The molecule has 0 fully saturated rings. The second-order valence-electron chi connectivity index (χ2n) is 2.74. The summed E-state index contributed by atoms with van der Waals surface area (Å²) in [6, 6.07) is 6.46. The summed E-state index contributed by atoms with van der Waals surface area (Å²) in [4.78, 5) is 0. The predicted molar refractivity (Wildman–Crippen MR) is 43.3 cm³/mol. The van der Waals surface area contributed by atoms with Crippen LogP contribution in [0.25, 0.3) is 17.7 Å². The van der Waals surface area contributed by atoms with Gasteiger partial charge in [-0.3, -0.25) is 0 Å². The van der Waals surface area contributed by atoms with E-state index < -0.39 is 0 Å². The number of allylic oxidation sites excluding steroid dienone is 2. The van der Waals surface area contributed by atoms with E-state index in [-0.39, 0.29) is 0 Å². The fourth-order valence-corrected chi connectivity index (χ4v) is 1.70. The first-order valence-electron chi connectivity index (χ1n) is 3.48. The van der Waals surface area contributed by atoms with E-state index in [2.05, 4.69) is 36.4 Å². The Morgan fingerprint density at radius 1 is 1.00 bits per heavy atom. The highest BCUT2D eigenvalue weighted by Crippen LogP contribution is 2.39. The standard InChI is InChI=1S/C10H6/c1-2-7-6-8-4-5-10(7)9(8)3-1/h1-6H. The van der Waals surface area contributed by atoms with E-state index in [9.17, 15) is 0 Å². The van der Waals surface area contributed by atoms with Gasteiger partial charge in [-0.2, -0.15) is 0 Å². The van der Waals surface area contributed by atoms with Gasteiger partial charge in [0.05, 0.1) is 0 Å². The molecule has 2 aliphatic rings. The van der Waals surface area contributed by atoms with Crippen LogP contribution in [0.1, 0.15) is 16.7 Å². The summed E-state index contributed by atoms with van der Waals surface area (Å²) in [5, 5.41) is 0. The highest BCUT2D eigenvalue weighted by molar-refractivity contribution is 6.05. The molecule has 10 heavy (non-hydrogen) atoms. The van der Waals surface area contributed by atoms with Crippen LogP contribution in [0.2, 0.25) is 0 Å². The summed E-state index contributed by atoms with van der Waals surface area (Å²) >= 11 is 0. The maximum absolute atomic E-state index is 2.24. The SMILES string of the molecule is C1=Cc2c3cccc2C1=C3. The minimum absolute atomic E-state index is 1.38. The van der Waals surface area contributed by atoms with Crippen molar-refractivity contribution in [3.63, 3.8) is 0 Å². The lowest BCUT2D eigenvalue weighted by Gasteiger charge is -1.93. The van der Waals surface area contributed by atoms with E-state index >= 15 is 0 Å². The third-order valence-corrected chi connectivity index (χ3v) is 2.19. The molecule has 2 aliphatic carbocycles.